The van der Waals surface area contributed by atoms with Gasteiger partial charge in [0.05, 0.1) is 45.7 Å². The van der Waals surface area contributed by atoms with E-state index in [1.54, 1.807) is 12.3 Å². The van der Waals surface area contributed by atoms with Crippen LogP contribution in [0.3, 0.4) is 0 Å². The van der Waals surface area contributed by atoms with Crippen LogP contribution in [0.2, 0.25) is 0 Å². The van der Waals surface area contributed by atoms with Gasteiger partial charge in [-0.15, -0.1) is 11.3 Å². The van der Waals surface area contributed by atoms with Crippen molar-refractivity contribution < 1.29 is 23.3 Å². The summed E-state index contributed by atoms with van der Waals surface area (Å²) in [5.74, 6) is 0.132. The molecular weight excluding hydrogens is 464 g/mol. The highest BCUT2D eigenvalue weighted by atomic mass is 32.2. The Morgan fingerprint density at radius 1 is 1.33 bits per heavy atom. The van der Waals surface area contributed by atoms with Gasteiger partial charge < -0.3 is 19.2 Å². The van der Waals surface area contributed by atoms with Crippen molar-refractivity contribution in [2.45, 2.75) is 49.8 Å². The van der Waals surface area contributed by atoms with E-state index in [4.69, 9.17) is 14.1 Å². The van der Waals surface area contributed by atoms with Gasteiger partial charge in [-0.1, -0.05) is 0 Å². The van der Waals surface area contributed by atoms with E-state index in [0.717, 1.165) is 17.0 Å². The predicted octanol–water partition coefficient (Wildman–Crippen LogP) is 3.25. The molecule has 6 rings (SSSR count). The Kier molecular flexibility index (Phi) is 5.66. The van der Waals surface area contributed by atoms with Crippen LogP contribution in [0.4, 0.5) is 10.8 Å². The smallest absolute Gasteiger partial charge is 0.410 e. The number of amides is 1. The van der Waals surface area contributed by atoms with E-state index in [1.165, 1.54) is 11.3 Å². The predicted molar refractivity (Wildman–Crippen MR) is 126 cm³/mol. The fourth-order valence-corrected chi connectivity index (χ4v) is 6.01. The lowest BCUT2D eigenvalue weighted by molar-refractivity contribution is -0.0386. The van der Waals surface area contributed by atoms with E-state index in [-0.39, 0.29) is 30.5 Å². The maximum Gasteiger partial charge on any atom is 0.410 e. The number of piperidine rings is 1. The van der Waals surface area contributed by atoms with E-state index in [1.807, 2.05) is 42.0 Å². The zero-order valence-corrected chi connectivity index (χ0v) is 20.3. The average molecular weight is 491 g/mol. The summed E-state index contributed by atoms with van der Waals surface area (Å²) in [4.78, 5) is 26.1. The minimum absolute atomic E-state index is 0.0371. The van der Waals surface area contributed by atoms with Crippen molar-refractivity contribution in [2.75, 3.05) is 30.3 Å². The molecule has 3 aliphatic heterocycles. The zero-order valence-electron chi connectivity index (χ0n) is 18.7. The lowest BCUT2D eigenvalue weighted by Crippen LogP contribution is -2.70. The molecule has 1 aromatic carbocycles. The van der Waals surface area contributed by atoms with Crippen molar-refractivity contribution in [3.05, 3.63) is 23.7 Å². The van der Waals surface area contributed by atoms with Crippen LogP contribution in [0.25, 0.3) is 21.7 Å². The number of carbonyl (C=O) groups excluding carboxylic acids is 1. The number of ether oxygens (including phenoxy) is 1. The molecule has 1 N–H and O–H groups in total. The number of oxazole rings is 1. The maximum atomic E-state index is 12.7. The third-order valence-corrected chi connectivity index (χ3v) is 7.93. The van der Waals surface area contributed by atoms with Crippen molar-refractivity contribution in [1.82, 2.24) is 14.9 Å². The molecule has 3 fully saturated rings. The largest absolute Gasteiger partial charge is 0.444 e. The maximum absolute atomic E-state index is 12.7. The number of aromatic nitrogens is 2. The number of aliphatic hydroxyl groups excluding tert-OH is 1. The number of piperazine rings is 1. The van der Waals surface area contributed by atoms with Crippen molar-refractivity contribution in [3.8, 4) is 10.6 Å². The summed E-state index contributed by atoms with van der Waals surface area (Å²) in [6, 6.07) is 4.13. The first-order chi connectivity index (χ1) is 15.7. The van der Waals surface area contributed by atoms with Crippen molar-refractivity contribution in [2.24, 2.45) is 0 Å². The van der Waals surface area contributed by atoms with E-state index in [2.05, 4.69) is 4.98 Å². The van der Waals surface area contributed by atoms with Gasteiger partial charge >= 0.3 is 6.09 Å². The topological polar surface area (TPSA) is 109 Å². The SMILES string of the molecule is CC(C)(C)OC(=O)N1C2CC1CN(c1nc3c(S(=O)CCO)ccc(-c4nccs4)c3o1)C2. The second kappa shape index (κ2) is 8.37. The fraction of sp³-hybridized carbons (Fsp3) is 0.500. The van der Waals surface area contributed by atoms with Gasteiger partial charge in [-0.3, -0.25) is 9.11 Å². The molecule has 2 aromatic heterocycles. The van der Waals surface area contributed by atoms with Crippen LogP contribution in [0, 0.1) is 0 Å². The molecule has 0 spiro atoms. The molecule has 2 bridgehead atoms. The Labute approximate surface area is 197 Å². The second-order valence-corrected chi connectivity index (χ2v) is 11.7. The summed E-state index contributed by atoms with van der Waals surface area (Å²) in [6.45, 7) is 6.59. The average Bonchev–Trinajstić information content (AvgIpc) is 3.42. The summed E-state index contributed by atoms with van der Waals surface area (Å²) in [5.41, 5.74) is 1.31. The van der Waals surface area contributed by atoms with Gasteiger partial charge in [0.25, 0.3) is 6.01 Å². The van der Waals surface area contributed by atoms with Crippen LogP contribution in [0.15, 0.2) is 33.0 Å². The Morgan fingerprint density at radius 3 is 2.73 bits per heavy atom. The number of fused-ring (bicyclic) bond motifs is 3. The lowest BCUT2D eigenvalue weighted by atomic mass is 9.88. The molecule has 0 radical (unpaired) electrons. The molecule has 3 saturated heterocycles. The van der Waals surface area contributed by atoms with Crippen molar-refractivity contribution in [3.63, 3.8) is 0 Å². The van der Waals surface area contributed by atoms with Gasteiger partial charge in [0, 0.05) is 24.7 Å². The zero-order chi connectivity index (χ0) is 23.3. The summed E-state index contributed by atoms with van der Waals surface area (Å²) in [5, 5.41) is 11.9. The molecule has 0 saturated carbocycles. The third-order valence-electron chi connectivity index (χ3n) is 5.75. The van der Waals surface area contributed by atoms with Crippen LogP contribution in [0.1, 0.15) is 27.2 Å². The number of anilines is 1. The highest BCUT2D eigenvalue weighted by Crippen LogP contribution is 2.39. The molecule has 11 heteroatoms. The van der Waals surface area contributed by atoms with Crippen LogP contribution < -0.4 is 4.90 Å². The summed E-state index contributed by atoms with van der Waals surface area (Å²) < 4.78 is 24.5. The highest BCUT2D eigenvalue weighted by molar-refractivity contribution is 7.85. The Morgan fingerprint density at radius 2 is 2.09 bits per heavy atom. The third kappa shape index (κ3) is 4.13. The highest BCUT2D eigenvalue weighted by Gasteiger charge is 2.49. The lowest BCUT2D eigenvalue weighted by Gasteiger charge is -2.55. The van der Waals surface area contributed by atoms with Gasteiger partial charge in [-0.05, 0) is 39.3 Å². The molecular formula is C22H26N4O5S2. The molecule has 3 aromatic rings. The minimum Gasteiger partial charge on any atom is -0.444 e. The Hall–Kier alpha value is -2.50. The van der Waals surface area contributed by atoms with Crippen LogP contribution in [-0.2, 0) is 15.5 Å². The number of hydrogen-bond donors (Lipinski definition) is 1. The summed E-state index contributed by atoms with van der Waals surface area (Å²) >= 11 is 1.49. The quantitative estimate of drug-likeness (QED) is 0.581. The van der Waals surface area contributed by atoms with Crippen LogP contribution >= 0.6 is 11.3 Å². The Bertz CT molecular complexity index is 1190. The van der Waals surface area contributed by atoms with Crippen molar-refractivity contribution in [1.29, 1.82) is 0 Å². The Balaban J connectivity index is 1.45. The molecule has 5 heterocycles. The molecule has 9 nitrogen and oxygen atoms in total. The number of nitrogens with zero attached hydrogens (tertiary/aromatic N) is 4. The molecule has 0 aliphatic carbocycles. The number of thiazole rings is 1. The molecule has 3 atom stereocenters. The number of benzene rings is 1. The minimum atomic E-state index is -1.40. The number of hydrogen-bond acceptors (Lipinski definition) is 9. The molecule has 3 aliphatic rings. The summed E-state index contributed by atoms with van der Waals surface area (Å²) in [7, 11) is -1.40. The second-order valence-electron chi connectivity index (χ2n) is 9.23. The first-order valence-electron chi connectivity index (χ1n) is 10.8. The normalized spacial score (nSPS) is 21.2. The number of carbonyl (C=O) groups is 1. The van der Waals surface area contributed by atoms with E-state index in [0.29, 0.717) is 35.1 Å². The van der Waals surface area contributed by atoms with Crippen molar-refractivity contribution >= 4 is 45.3 Å². The van der Waals surface area contributed by atoms with Gasteiger partial charge in [0.2, 0.25) is 0 Å². The fourth-order valence-electron chi connectivity index (χ4n) is 4.39. The first-order valence-corrected chi connectivity index (χ1v) is 13.0. The van der Waals surface area contributed by atoms with E-state index < -0.39 is 16.4 Å². The van der Waals surface area contributed by atoms with Gasteiger partial charge in [-0.25, -0.2) is 9.78 Å². The number of aliphatic hydroxyl groups is 1. The molecule has 33 heavy (non-hydrogen) atoms. The van der Waals surface area contributed by atoms with E-state index in [9.17, 15) is 14.1 Å². The molecule has 1 amide bonds. The van der Waals surface area contributed by atoms with Gasteiger partial charge in [0.15, 0.2) is 5.58 Å². The van der Waals surface area contributed by atoms with E-state index >= 15 is 0 Å². The molecule has 176 valence electrons. The van der Waals surface area contributed by atoms with Crippen LogP contribution in [0.5, 0.6) is 0 Å². The number of rotatable bonds is 5. The first kappa shape index (κ1) is 22.3. The standard InChI is InChI=1S/C22H26N4O5S2/c1-22(2,3)31-21(28)26-13-10-14(26)12-25(11-13)20-24-17-16(33(29)9-7-27)5-4-15(18(17)30-20)19-23-6-8-32-19/h4-6,8,13-14,27H,7,9-12H2,1-3H3. The van der Waals surface area contributed by atoms with Crippen LogP contribution in [-0.4, -0.2) is 73.4 Å². The molecule has 3 unspecified atom stereocenters. The van der Waals surface area contributed by atoms with Gasteiger partial charge in [0.1, 0.15) is 16.1 Å². The van der Waals surface area contributed by atoms with Gasteiger partial charge in [-0.2, -0.15) is 4.98 Å². The monoisotopic (exact) mass is 490 g/mol. The summed E-state index contributed by atoms with van der Waals surface area (Å²) in [6.07, 6.45) is 2.37.